The van der Waals surface area contributed by atoms with E-state index in [1.54, 1.807) is 17.0 Å². The van der Waals surface area contributed by atoms with E-state index in [4.69, 9.17) is 4.42 Å². The molecule has 1 heterocycles. The van der Waals surface area contributed by atoms with Crippen molar-refractivity contribution in [2.75, 3.05) is 24.3 Å². The monoisotopic (exact) mass is 419 g/mol. The third kappa shape index (κ3) is 5.34. The summed E-state index contributed by atoms with van der Waals surface area (Å²) in [4.78, 5) is 29.1. The van der Waals surface area contributed by atoms with Crippen LogP contribution in [0.5, 0.6) is 0 Å². The Hall–Kier alpha value is -3.54. The standard InChI is InChI=1S/C25H29N3O3/c1-5-24(29)26-21-13-14-22(27(3)4)20(16-21)17-28(25(30)23-12-9-15-31-23)18(2)19-10-7-6-8-11-19/h6-16,18H,5,17H2,1-4H3,(H,26,29)/t18-/m0/s1. The molecular formula is C25H29N3O3. The molecule has 0 bridgehead atoms. The van der Waals surface area contributed by atoms with Crippen LogP contribution in [0.15, 0.2) is 71.3 Å². The minimum absolute atomic E-state index is 0.0512. The molecule has 0 saturated carbocycles. The summed E-state index contributed by atoms with van der Waals surface area (Å²) in [6.07, 6.45) is 1.91. The van der Waals surface area contributed by atoms with Gasteiger partial charge in [0, 0.05) is 38.4 Å². The number of hydrogen-bond acceptors (Lipinski definition) is 4. The van der Waals surface area contributed by atoms with Gasteiger partial charge in [-0.3, -0.25) is 9.59 Å². The molecule has 0 aliphatic rings. The first-order valence-corrected chi connectivity index (χ1v) is 10.4. The summed E-state index contributed by atoms with van der Waals surface area (Å²) in [6.45, 7) is 4.18. The Kier molecular flexibility index (Phi) is 7.13. The van der Waals surface area contributed by atoms with E-state index in [2.05, 4.69) is 5.32 Å². The molecular weight excluding hydrogens is 390 g/mol. The average molecular weight is 420 g/mol. The van der Waals surface area contributed by atoms with Gasteiger partial charge in [-0.15, -0.1) is 0 Å². The van der Waals surface area contributed by atoms with Gasteiger partial charge in [0.25, 0.3) is 5.91 Å². The normalized spacial score (nSPS) is 11.6. The number of carbonyl (C=O) groups excluding carboxylic acids is 2. The molecule has 1 atom stereocenters. The Balaban J connectivity index is 2.00. The molecule has 6 nitrogen and oxygen atoms in total. The van der Waals surface area contributed by atoms with E-state index >= 15 is 0 Å². The van der Waals surface area contributed by atoms with Crippen LogP contribution in [-0.4, -0.2) is 30.8 Å². The first-order valence-electron chi connectivity index (χ1n) is 10.4. The van der Waals surface area contributed by atoms with E-state index in [1.807, 2.05) is 81.4 Å². The molecule has 2 amide bonds. The summed E-state index contributed by atoms with van der Waals surface area (Å²) in [5.41, 5.74) is 3.66. The molecule has 0 fully saturated rings. The summed E-state index contributed by atoms with van der Waals surface area (Å²) in [5.74, 6) is 0.0587. The molecule has 2 aromatic carbocycles. The molecule has 0 unspecified atom stereocenters. The van der Waals surface area contributed by atoms with E-state index in [1.165, 1.54) is 6.26 Å². The van der Waals surface area contributed by atoms with Gasteiger partial charge in [-0.2, -0.15) is 0 Å². The molecule has 3 aromatic rings. The van der Waals surface area contributed by atoms with Crippen molar-refractivity contribution in [3.63, 3.8) is 0 Å². The van der Waals surface area contributed by atoms with Gasteiger partial charge in [0.05, 0.1) is 12.3 Å². The van der Waals surface area contributed by atoms with Gasteiger partial charge in [0.2, 0.25) is 5.91 Å². The highest BCUT2D eigenvalue weighted by molar-refractivity contribution is 5.92. The van der Waals surface area contributed by atoms with Crippen molar-refractivity contribution in [3.8, 4) is 0 Å². The zero-order valence-electron chi connectivity index (χ0n) is 18.5. The largest absolute Gasteiger partial charge is 0.459 e. The average Bonchev–Trinajstić information content (AvgIpc) is 3.32. The first kappa shape index (κ1) is 22.2. The van der Waals surface area contributed by atoms with Crippen molar-refractivity contribution in [2.24, 2.45) is 0 Å². The zero-order chi connectivity index (χ0) is 22.4. The summed E-state index contributed by atoms with van der Waals surface area (Å²) >= 11 is 0. The minimum Gasteiger partial charge on any atom is -0.459 e. The fourth-order valence-electron chi connectivity index (χ4n) is 3.50. The predicted molar refractivity (Wildman–Crippen MR) is 123 cm³/mol. The maximum absolute atomic E-state index is 13.4. The number of hydrogen-bond donors (Lipinski definition) is 1. The van der Waals surface area contributed by atoms with Crippen molar-refractivity contribution >= 4 is 23.2 Å². The van der Waals surface area contributed by atoms with Gasteiger partial charge in [-0.25, -0.2) is 0 Å². The second-order valence-electron chi connectivity index (χ2n) is 7.64. The molecule has 0 spiro atoms. The van der Waals surface area contributed by atoms with Crippen molar-refractivity contribution in [1.29, 1.82) is 0 Å². The molecule has 0 saturated heterocycles. The quantitative estimate of drug-likeness (QED) is 0.552. The van der Waals surface area contributed by atoms with Crippen molar-refractivity contribution in [1.82, 2.24) is 4.90 Å². The second kappa shape index (κ2) is 9.98. The number of nitrogens with one attached hydrogen (secondary N) is 1. The van der Waals surface area contributed by atoms with Crippen LogP contribution in [0.25, 0.3) is 0 Å². The van der Waals surface area contributed by atoms with Gasteiger partial charge < -0.3 is 19.5 Å². The van der Waals surface area contributed by atoms with E-state index in [0.717, 1.165) is 16.8 Å². The highest BCUT2D eigenvalue weighted by Gasteiger charge is 2.26. The summed E-state index contributed by atoms with van der Waals surface area (Å²) < 4.78 is 5.41. The van der Waals surface area contributed by atoms with Gasteiger partial charge in [0.15, 0.2) is 5.76 Å². The molecule has 162 valence electrons. The fraction of sp³-hybridized carbons (Fsp3) is 0.280. The van der Waals surface area contributed by atoms with Crippen LogP contribution in [0.2, 0.25) is 0 Å². The Morgan fingerprint density at radius 3 is 2.39 bits per heavy atom. The van der Waals surface area contributed by atoms with E-state index in [-0.39, 0.29) is 17.9 Å². The third-order valence-electron chi connectivity index (χ3n) is 5.25. The lowest BCUT2D eigenvalue weighted by atomic mass is 10.0. The van der Waals surface area contributed by atoms with Crippen LogP contribution >= 0.6 is 0 Å². The fourth-order valence-corrected chi connectivity index (χ4v) is 3.50. The summed E-state index contributed by atoms with van der Waals surface area (Å²) in [7, 11) is 3.92. The number of nitrogens with zero attached hydrogens (tertiary/aromatic N) is 2. The van der Waals surface area contributed by atoms with E-state index in [0.29, 0.717) is 24.4 Å². The lowest BCUT2D eigenvalue weighted by molar-refractivity contribution is -0.115. The smallest absolute Gasteiger partial charge is 0.290 e. The molecule has 1 aromatic heterocycles. The van der Waals surface area contributed by atoms with Gasteiger partial charge in [0.1, 0.15) is 0 Å². The maximum Gasteiger partial charge on any atom is 0.290 e. The Morgan fingerprint density at radius 2 is 1.77 bits per heavy atom. The second-order valence-corrected chi connectivity index (χ2v) is 7.64. The molecule has 3 rings (SSSR count). The maximum atomic E-state index is 13.4. The number of rotatable bonds is 8. The summed E-state index contributed by atoms with van der Waals surface area (Å²) in [5, 5.41) is 2.91. The third-order valence-corrected chi connectivity index (χ3v) is 5.25. The van der Waals surface area contributed by atoms with Crippen LogP contribution in [-0.2, 0) is 11.3 Å². The molecule has 31 heavy (non-hydrogen) atoms. The van der Waals surface area contributed by atoms with E-state index in [9.17, 15) is 9.59 Å². The van der Waals surface area contributed by atoms with Gasteiger partial charge >= 0.3 is 0 Å². The van der Waals surface area contributed by atoms with Crippen LogP contribution in [0.4, 0.5) is 11.4 Å². The van der Waals surface area contributed by atoms with Crippen LogP contribution in [0, 0.1) is 0 Å². The lowest BCUT2D eigenvalue weighted by Crippen LogP contribution is -2.33. The molecule has 0 aliphatic heterocycles. The molecule has 0 radical (unpaired) electrons. The molecule has 6 heteroatoms. The Morgan fingerprint density at radius 1 is 1.03 bits per heavy atom. The SMILES string of the molecule is CCC(=O)Nc1ccc(N(C)C)c(CN(C(=O)c2ccco2)[C@@H](C)c2ccccc2)c1. The van der Waals surface area contributed by atoms with Crippen LogP contribution in [0.3, 0.4) is 0 Å². The number of carbonyl (C=O) groups is 2. The van der Waals surface area contributed by atoms with Gasteiger partial charge in [-0.05, 0) is 48.4 Å². The van der Waals surface area contributed by atoms with Crippen molar-refractivity contribution in [3.05, 3.63) is 83.8 Å². The zero-order valence-corrected chi connectivity index (χ0v) is 18.5. The van der Waals surface area contributed by atoms with Crippen LogP contribution in [0.1, 0.15) is 48.0 Å². The van der Waals surface area contributed by atoms with Crippen molar-refractivity contribution < 1.29 is 14.0 Å². The Bertz CT molecular complexity index is 1010. The number of benzene rings is 2. The lowest BCUT2D eigenvalue weighted by Gasteiger charge is -2.31. The molecule has 1 N–H and O–H groups in total. The minimum atomic E-state index is -0.186. The first-order chi connectivity index (χ1) is 14.9. The predicted octanol–water partition coefficient (Wildman–Crippen LogP) is 5.10. The van der Waals surface area contributed by atoms with E-state index < -0.39 is 0 Å². The Labute approximate surface area is 183 Å². The number of anilines is 2. The highest BCUT2D eigenvalue weighted by atomic mass is 16.3. The number of furan rings is 1. The van der Waals surface area contributed by atoms with Gasteiger partial charge in [-0.1, -0.05) is 37.3 Å². The topological polar surface area (TPSA) is 65.8 Å². The number of amides is 2. The van der Waals surface area contributed by atoms with Crippen LogP contribution < -0.4 is 10.2 Å². The highest BCUT2D eigenvalue weighted by Crippen LogP contribution is 2.30. The summed E-state index contributed by atoms with van der Waals surface area (Å²) in [6, 6.07) is 18.9. The van der Waals surface area contributed by atoms with Crippen molar-refractivity contribution in [2.45, 2.75) is 32.9 Å². The molecule has 0 aliphatic carbocycles.